The Morgan fingerprint density at radius 3 is 2.69 bits per heavy atom. The van der Waals surface area contributed by atoms with E-state index in [-0.39, 0.29) is 16.4 Å². The molecule has 0 saturated carbocycles. The molecule has 26 heavy (non-hydrogen) atoms. The van der Waals surface area contributed by atoms with Gasteiger partial charge in [0.1, 0.15) is 10.7 Å². The number of nitrogens with one attached hydrogen (secondary N) is 1. The summed E-state index contributed by atoms with van der Waals surface area (Å²) in [7, 11) is 3.10. The zero-order valence-electron chi connectivity index (χ0n) is 13.7. The largest absolute Gasteiger partial charge is 0.493 e. The lowest BCUT2D eigenvalue weighted by atomic mass is 10.2. The third-order valence-corrected chi connectivity index (χ3v) is 4.58. The van der Waals surface area contributed by atoms with E-state index in [1.807, 2.05) is 6.07 Å². The minimum atomic E-state index is -0.797. The first kappa shape index (κ1) is 18.1. The molecule has 0 aliphatic carbocycles. The van der Waals surface area contributed by atoms with Crippen LogP contribution >= 0.6 is 22.9 Å². The summed E-state index contributed by atoms with van der Waals surface area (Å²) in [5.41, 5.74) is 1.29. The van der Waals surface area contributed by atoms with Gasteiger partial charge in [0.05, 0.1) is 31.1 Å². The van der Waals surface area contributed by atoms with Crippen molar-refractivity contribution in [1.29, 1.82) is 0 Å². The Balaban J connectivity index is 1.80. The van der Waals surface area contributed by atoms with Crippen LogP contribution in [-0.2, 0) is 0 Å². The molecule has 6 nitrogen and oxygen atoms in total. The number of carbonyl (C=O) groups excluding carboxylic acids is 1. The van der Waals surface area contributed by atoms with E-state index in [1.165, 1.54) is 23.6 Å². The van der Waals surface area contributed by atoms with Gasteiger partial charge in [0, 0.05) is 10.9 Å². The number of thiazole rings is 1. The second-order valence-electron chi connectivity index (χ2n) is 5.06. The standard InChI is InChI=1S/C17H13ClFN3O3S/c1-24-13-4-3-9(5-14(13)25-2)17-22-12(8-26-17)16(23)21-10-6-11(18)15(19)20-7-10/h3-8H,1-2H3,(H,21,23). The normalized spacial score (nSPS) is 10.5. The highest BCUT2D eigenvalue weighted by Crippen LogP contribution is 2.33. The van der Waals surface area contributed by atoms with Crippen molar-refractivity contribution in [3.63, 3.8) is 0 Å². The Bertz CT molecular complexity index is 964. The van der Waals surface area contributed by atoms with E-state index in [2.05, 4.69) is 15.3 Å². The van der Waals surface area contributed by atoms with Crippen LogP contribution in [0.1, 0.15) is 10.5 Å². The number of hydrogen-bond donors (Lipinski definition) is 1. The Labute approximate surface area is 157 Å². The molecule has 0 saturated heterocycles. The number of nitrogens with zero attached hydrogens (tertiary/aromatic N) is 2. The molecule has 0 spiro atoms. The summed E-state index contributed by atoms with van der Waals surface area (Å²) in [6, 6.07) is 6.65. The van der Waals surface area contributed by atoms with Crippen LogP contribution in [0.15, 0.2) is 35.8 Å². The highest BCUT2D eigenvalue weighted by molar-refractivity contribution is 7.13. The average molecular weight is 394 g/mol. The van der Waals surface area contributed by atoms with Gasteiger partial charge in [-0.05, 0) is 24.3 Å². The molecule has 1 N–H and O–H groups in total. The lowest BCUT2D eigenvalue weighted by Gasteiger charge is -2.08. The molecular weight excluding hydrogens is 381 g/mol. The van der Waals surface area contributed by atoms with Crippen LogP contribution in [0.3, 0.4) is 0 Å². The first-order valence-electron chi connectivity index (χ1n) is 7.32. The van der Waals surface area contributed by atoms with Crippen LogP contribution in [0.2, 0.25) is 5.02 Å². The van der Waals surface area contributed by atoms with Gasteiger partial charge in [-0.2, -0.15) is 4.39 Å². The quantitative estimate of drug-likeness (QED) is 0.655. The van der Waals surface area contributed by atoms with Crippen molar-refractivity contribution in [1.82, 2.24) is 9.97 Å². The van der Waals surface area contributed by atoms with Gasteiger partial charge in [0.2, 0.25) is 5.95 Å². The van der Waals surface area contributed by atoms with Crippen molar-refractivity contribution in [2.24, 2.45) is 0 Å². The van der Waals surface area contributed by atoms with Crippen LogP contribution in [0.5, 0.6) is 11.5 Å². The number of pyridine rings is 1. The number of ether oxygens (including phenoxy) is 2. The molecule has 1 amide bonds. The van der Waals surface area contributed by atoms with Crippen LogP contribution in [0.4, 0.5) is 10.1 Å². The van der Waals surface area contributed by atoms with Gasteiger partial charge in [-0.25, -0.2) is 9.97 Å². The Kier molecular flexibility index (Phi) is 5.34. The summed E-state index contributed by atoms with van der Waals surface area (Å²) in [5, 5.41) is 4.67. The summed E-state index contributed by atoms with van der Waals surface area (Å²) >= 11 is 6.97. The molecule has 2 heterocycles. The molecule has 0 atom stereocenters. The molecule has 3 aromatic rings. The van der Waals surface area contributed by atoms with Crippen molar-refractivity contribution in [3.05, 3.63) is 52.5 Å². The van der Waals surface area contributed by atoms with Crippen molar-refractivity contribution in [3.8, 4) is 22.1 Å². The summed E-state index contributed by atoms with van der Waals surface area (Å²) in [6.45, 7) is 0. The van der Waals surface area contributed by atoms with Gasteiger partial charge >= 0.3 is 0 Å². The molecule has 1 aromatic carbocycles. The molecule has 3 rings (SSSR count). The molecule has 9 heteroatoms. The monoisotopic (exact) mass is 393 g/mol. The van der Waals surface area contributed by atoms with Crippen LogP contribution in [0, 0.1) is 5.95 Å². The lowest BCUT2D eigenvalue weighted by molar-refractivity contribution is 0.102. The average Bonchev–Trinajstić information content (AvgIpc) is 3.14. The van der Waals surface area contributed by atoms with Crippen LogP contribution in [0.25, 0.3) is 10.6 Å². The number of aromatic nitrogens is 2. The van der Waals surface area contributed by atoms with E-state index in [4.69, 9.17) is 21.1 Å². The maximum absolute atomic E-state index is 13.1. The number of hydrogen-bond acceptors (Lipinski definition) is 6. The summed E-state index contributed by atoms with van der Waals surface area (Å²) < 4.78 is 23.6. The smallest absolute Gasteiger partial charge is 0.275 e. The highest BCUT2D eigenvalue weighted by atomic mass is 35.5. The van der Waals surface area contributed by atoms with E-state index in [9.17, 15) is 9.18 Å². The molecule has 0 unspecified atom stereocenters. The summed E-state index contributed by atoms with van der Waals surface area (Å²) in [4.78, 5) is 20.1. The Morgan fingerprint density at radius 1 is 1.23 bits per heavy atom. The number of carbonyl (C=O) groups is 1. The molecular formula is C17H13ClFN3O3S. The predicted octanol–water partition coefficient (Wildman–Crippen LogP) is 4.27. The zero-order valence-corrected chi connectivity index (χ0v) is 15.3. The topological polar surface area (TPSA) is 73.3 Å². The molecule has 0 aliphatic heterocycles. The SMILES string of the molecule is COc1ccc(-c2nc(C(=O)Nc3cnc(F)c(Cl)c3)cs2)cc1OC. The van der Waals surface area contributed by atoms with E-state index in [0.717, 1.165) is 5.56 Å². The van der Waals surface area contributed by atoms with Crippen molar-refractivity contribution in [2.75, 3.05) is 19.5 Å². The first-order chi connectivity index (χ1) is 12.5. The Morgan fingerprint density at radius 2 is 2.00 bits per heavy atom. The second-order valence-corrected chi connectivity index (χ2v) is 6.32. The van der Waals surface area contributed by atoms with E-state index in [1.54, 1.807) is 31.7 Å². The first-order valence-corrected chi connectivity index (χ1v) is 8.58. The predicted molar refractivity (Wildman–Crippen MR) is 97.8 cm³/mol. The molecule has 0 aliphatic rings. The fourth-order valence-corrected chi connectivity index (χ4v) is 3.13. The summed E-state index contributed by atoms with van der Waals surface area (Å²) in [5.74, 6) is -0.0730. The molecule has 134 valence electrons. The van der Waals surface area contributed by atoms with Crippen molar-refractivity contribution in [2.45, 2.75) is 0 Å². The Hall–Kier alpha value is -2.71. The van der Waals surface area contributed by atoms with Crippen molar-refractivity contribution >= 4 is 34.5 Å². The van der Waals surface area contributed by atoms with Gasteiger partial charge < -0.3 is 14.8 Å². The van der Waals surface area contributed by atoms with E-state index >= 15 is 0 Å². The highest BCUT2D eigenvalue weighted by Gasteiger charge is 2.15. The van der Waals surface area contributed by atoms with Gasteiger partial charge in [0.25, 0.3) is 5.91 Å². The van der Waals surface area contributed by atoms with E-state index < -0.39 is 11.9 Å². The zero-order chi connectivity index (χ0) is 18.7. The van der Waals surface area contributed by atoms with Gasteiger partial charge in [-0.15, -0.1) is 11.3 Å². The molecule has 2 aromatic heterocycles. The molecule has 0 radical (unpaired) electrons. The van der Waals surface area contributed by atoms with Gasteiger partial charge in [-0.3, -0.25) is 4.79 Å². The summed E-state index contributed by atoms with van der Waals surface area (Å²) in [6.07, 6.45) is 1.18. The fraction of sp³-hybridized carbons (Fsp3) is 0.118. The number of anilines is 1. The second kappa shape index (κ2) is 7.67. The molecule has 0 bridgehead atoms. The molecule has 0 fully saturated rings. The maximum atomic E-state index is 13.1. The minimum Gasteiger partial charge on any atom is -0.493 e. The number of amides is 1. The van der Waals surface area contributed by atoms with Crippen LogP contribution in [-0.4, -0.2) is 30.1 Å². The fourth-order valence-electron chi connectivity index (χ4n) is 2.16. The lowest BCUT2D eigenvalue weighted by Crippen LogP contribution is -2.12. The third-order valence-electron chi connectivity index (χ3n) is 3.42. The number of benzene rings is 1. The number of halogens is 2. The van der Waals surface area contributed by atoms with Gasteiger partial charge in [0.15, 0.2) is 11.5 Å². The third kappa shape index (κ3) is 3.76. The minimum absolute atomic E-state index is 0.174. The van der Waals surface area contributed by atoms with E-state index in [0.29, 0.717) is 16.5 Å². The van der Waals surface area contributed by atoms with Crippen molar-refractivity contribution < 1.29 is 18.7 Å². The maximum Gasteiger partial charge on any atom is 0.275 e. The number of methoxy groups -OCH3 is 2. The van der Waals surface area contributed by atoms with Crippen LogP contribution < -0.4 is 14.8 Å². The number of rotatable bonds is 5. The van der Waals surface area contributed by atoms with Gasteiger partial charge in [-0.1, -0.05) is 11.6 Å².